The SMILES string of the molecule is CC1CC(=O)N(C)N=C1c1ccc(Br)c([N+](=O)[O-])c1. The molecule has 0 radical (unpaired) electrons. The van der Waals surface area contributed by atoms with Gasteiger partial charge in [-0.3, -0.25) is 14.9 Å². The van der Waals surface area contributed by atoms with Crippen molar-refractivity contribution in [2.45, 2.75) is 13.3 Å². The molecule has 19 heavy (non-hydrogen) atoms. The summed E-state index contributed by atoms with van der Waals surface area (Å²) in [5, 5.41) is 16.4. The first-order valence-corrected chi connectivity index (χ1v) is 6.49. The molecule has 1 aromatic rings. The third-order valence-electron chi connectivity index (χ3n) is 3.00. The second kappa shape index (κ2) is 5.08. The number of nitro benzene ring substituents is 1. The maximum atomic E-state index is 11.5. The fourth-order valence-electron chi connectivity index (χ4n) is 1.96. The van der Waals surface area contributed by atoms with Gasteiger partial charge in [-0.1, -0.05) is 13.0 Å². The third kappa shape index (κ3) is 2.65. The van der Waals surface area contributed by atoms with Crippen LogP contribution in [0.3, 0.4) is 0 Å². The lowest BCUT2D eigenvalue weighted by Crippen LogP contribution is -2.33. The van der Waals surface area contributed by atoms with Crippen LogP contribution in [0.25, 0.3) is 0 Å². The summed E-state index contributed by atoms with van der Waals surface area (Å²) in [6.07, 6.45) is 0.360. The molecule has 1 atom stereocenters. The van der Waals surface area contributed by atoms with Gasteiger partial charge in [0.2, 0.25) is 5.91 Å². The minimum Gasteiger partial charge on any atom is -0.273 e. The highest BCUT2D eigenvalue weighted by atomic mass is 79.9. The second-order valence-electron chi connectivity index (χ2n) is 4.43. The summed E-state index contributed by atoms with van der Waals surface area (Å²) in [7, 11) is 1.58. The number of nitrogens with zero attached hydrogens (tertiary/aromatic N) is 3. The average Bonchev–Trinajstić information content (AvgIpc) is 2.34. The molecule has 0 bridgehead atoms. The van der Waals surface area contributed by atoms with Crippen LogP contribution < -0.4 is 0 Å². The van der Waals surface area contributed by atoms with Crippen LogP contribution in [-0.2, 0) is 4.79 Å². The van der Waals surface area contributed by atoms with Gasteiger partial charge in [-0.25, -0.2) is 5.01 Å². The van der Waals surface area contributed by atoms with E-state index in [0.717, 1.165) is 0 Å². The minimum atomic E-state index is -0.448. The van der Waals surface area contributed by atoms with Crippen molar-refractivity contribution in [1.82, 2.24) is 5.01 Å². The van der Waals surface area contributed by atoms with Crippen molar-refractivity contribution in [2.24, 2.45) is 11.0 Å². The van der Waals surface area contributed by atoms with Crippen LogP contribution in [0.5, 0.6) is 0 Å². The number of hydrogen-bond donors (Lipinski definition) is 0. The van der Waals surface area contributed by atoms with E-state index in [1.807, 2.05) is 6.92 Å². The molecule has 0 spiro atoms. The number of amides is 1. The van der Waals surface area contributed by atoms with Gasteiger partial charge in [-0.2, -0.15) is 5.10 Å². The number of carbonyl (C=O) groups excluding carboxylic acids is 1. The molecule has 0 aliphatic carbocycles. The normalized spacial score (nSPS) is 19.3. The molecule has 0 fully saturated rings. The Morgan fingerprint density at radius 3 is 2.84 bits per heavy atom. The van der Waals surface area contributed by atoms with Gasteiger partial charge in [-0.15, -0.1) is 0 Å². The fourth-order valence-corrected chi connectivity index (χ4v) is 2.35. The van der Waals surface area contributed by atoms with Crippen LogP contribution in [-0.4, -0.2) is 28.6 Å². The van der Waals surface area contributed by atoms with E-state index < -0.39 is 4.92 Å². The van der Waals surface area contributed by atoms with Gasteiger partial charge < -0.3 is 0 Å². The van der Waals surface area contributed by atoms with E-state index in [1.165, 1.54) is 11.1 Å². The topological polar surface area (TPSA) is 75.8 Å². The molecule has 100 valence electrons. The largest absolute Gasteiger partial charge is 0.284 e. The number of rotatable bonds is 2. The van der Waals surface area contributed by atoms with Crippen molar-refractivity contribution in [3.8, 4) is 0 Å². The Morgan fingerprint density at radius 1 is 1.53 bits per heavy atom. The van der Waals surface area contributed by atoms with E-state index in [0.29, 0.717) is 22.2 Å². The summed E-state index contributed by atoms with van der Waals surface area (Å²) in [6.45, 7) is 1.89. The third-order valence-corrected chi connectivity index (χ3v) is 3.68. The molecule has 7 heteroatoms. The zero-order chi connectivity index (χ0) is 14.2. The van der Waals surface area contributed by atoms with Crippen LogP contribution in [0.2, 0.25) is 0 Å². The van der Waals surface area contributed by atoms with Crippen molar-refractivity contribution in [3.05, 3.63) is 38.3 Å². The van der Waals surface area contributed by atoms with E-state index in [-0.39, 0.29) is 17.5 Å². The van der Waals surface area contributed by atoms with Crippen LogP contribution in [0.1, 0.15) is 18.9 Å². The van der Waals surface area contributed by atoms with E-state index in [4.69, 9.17) is 0 Å². The summed E-state index contributed by atoms with van der Waals surface area (Å²) < 4.78 is 0.426. The summed E-state index contributed by atoms with van der Waals surface area (Å²) in [4.78, 5) is 22.0. The molecule has 6 nitrogen and oxygen atoms in total. The number of hydrazone groups is 1. The number of halogens is 1. The maximum absolute atomic E-state index is 11.5. The first kappa shape index (κ1) is 13.7. The molecule has 2 rings (SSSR count). The van der Waals surface area contributed by atoms with Crippen molar-refractivity contribution in [1.29, 1.82) is 0 Å². The Hall–Kier alpha value is -1.76. The lowest BCUT2D eigenvalue weighted by molar-refractivity contribution is -0.385. The highest BCUT2D eigenvalue weighted by Crippen LogP contribution is 2.28. The highest BCUT2D eigenvalue weighted by molar-refractivity contribution is 9.10. The van der Waals surface area contributed by atoms with Crippen molar-refractivity contribution in [3.63, 3.8) is 0 Å². The van der Waals surface area contributed by atoms with Gasteiger partial charge in [0.25, 0.3) is 5.69 Å². The van der Waals surface area contributed by atoms with Crippen molar-refractivity contribution < 1.29 is 9.72 Å². The van der Waals surface area contributed by atoms with E-state index in [9.17, 15) is 14.9 Å². The Morgan fingerprint density at radius 2 is 2.21 bits per heavy atom. The molecule has 1 aromatic carbocycles. The molecular weight excluding hydrogens is 314 g/mol. The lowest BCUT2D eigenvalue weighted by atomic mass is 9.93. The standard InChI is InChI=1S/C12H12BrN3O3/c1-7-5-11(17)15(2)14-12(7)8-3-4-9(13)10(6-8)16(18)19/h3-4,6-7H,5H2,1-2H3. The van der Waals surface area contributed by atoms with Crippen LogP contribution in [0, 0.1) is 16.0 Å². The molecule has 0 aromatic heterocycles. The highest BCUT2D eigenvalue weighted by Gasteiger charge is 2.26. The number of hydrogen-bond acceptors (Lipinski definition) is 4. The lowest BCUT2D eigenvalue weighted by Gasteiger charge is -2.24. The maximum Gasteiger partial charge on any atom is 0.284 e. The summed E-state index contributed by atoms with van der Waals surface area (Å²) in [6, 6.07) is 4.86. The predicted octanol–water partition coefficient (Wildman–Crippen LogP) is 2.56. The molecule has 1 aliphatic heterocycles. The zero-order valence-corrected chi connectivity index (χ0v) is 12.0. The Bertz CT molecular complexity index is 586. The first-order valence-electron chi connectivity index (χ1n) is 5.69. The minimum absolute atomic E-state index is 0.00745. The van der Waals surface area contributed by atoms with E-state index >= 15 is 0 Å². The Labute approximate surface area is 118 Å². The fraction of sp³-hybridized carbons (Fsp3) is 0.333. The van der Waals surface area contributed by atoms with Gasteiger partial charge in [-0.05, 0) is 22.0 Å². The number of benzene rings is 1. The van der Waals surface area contributed by atoms with Gasteiger partial charge in [0, 0.05) is 31.0 Å². The van der Waals surface area contributed by atoms with Gasteiger partial charge in [0.1, 0.15) is 0 Å². The van der Waals surface area contributed by atoms with Crippen molar-refractivity contribution in [2.75, 3.05) is 7.05 Å². The first-order chi connectivity index (χ1) is 8.90. The van der Waals surface area contributed by atoms with Gasteiger partial charge in [0.15, 0.2) is 0 Å². The Kier molecular flexibility index (Phi) is 3.66. The summed E-state index contributed by atoms with van der Waals surface area (Å²) in [5.41, 5.74) is 1.35. The molecule has 1 amide bonds. The number of carbonyl (C=O) groups is 1. The van der Waals surface area contributed by atoms with Crippen LogP contribution >= 0.6 is 15.9 Å². The average molecular weight is 326 g/mol. The molecule has 1 unspecified atom stereocenters. The summed E-state index contributed by atoms with van der Waals surface area (Å²) in [5.74, 6) is -0.104. The molecule has 1 heterocycles. The van der Waals surface area contributed by atoms with Crippen LogP contribution in [0.15, 0.2) is 27.8 Å². The van der Waals surface area contributed by atoms with Gasteiger partial charge in [0.05, 0.1) is 15.1 Å². The van der Waals surface area contributed by atoms with Gasteiger partial charge >= 0.3 is 0 Å². The Balaban J connectivity index is 2.47. The molecule has 0 saturated heterocycles. The van der Waals surface area contributed by atoms with E-state index in [2.05, 4.69) is 21.0 Å². The molecule has 0 saturated carbocycles. The molecular formula is C12H12BrN3O3. The monoisotopic (exact) mass is 325 g/mol. The second-order valence-corrected chi connectivity index (χ2v) is 5.29. The van der Waals surface area contributed by atoms with Crippen molar-refractivity contribution >= 4 is 33.2 Å². The van der Waals surface area contributed by atoms with Crippen LogP contribution in [0.4, 0.5) is 5.69 Å². The zero-order valence-electron chi connectivity index (χ0n) is 10.5. The molecule has 1 aliphatic rings. The number of nitro groups is 1. The summed E-state index contributed by atoms with van der Waals surface area (Å²) >= 11 is 3.15. The van der Waals surface area contributed by atoms with E-state index in [1.54, 1.807) is 19.2 Å². The predicted molar refractivity (Wildman–Crippen MR) is 73.9 cm³/mol. The smallest absolute Gasteiger partial charge is 0.273 e. The molecule has 0 N–H and O–H groups in total. The quantitative estimate of drug-likeness (QED) is 0.619.